The van der Waals surface area contributed by atoms with Crippen molar-refractivity contribution < 1.29 is 19.5 Å². The van der Waals surface area contributed by atoms with E-state index in [2.05, 4.69) is 43.6 Å². The van der Waals surface area contributed by atoms with Gasteiger partial charge in [0.05, 0.1) is 6.42 Å². The fourth-order valence-corrected chi connectivity index (χ4v) is 4.03. The lowest BCUT2D eigenvalue weighted by Crippen LogP contribution is -2.35. The van der Waals surface area contributed by atoms with Crippen molar-refractivity contribution in [2.45, 2.75) is 65.7 Å². The molecule has 172 valence electrons. The van der Waals surface area contributed by atoms with Crippen molar-refractivity contribution in [3.8, 4) is 0 Å². The van der Waals surface area contributed by atoms with Gasteiger partial charge >= 0.3 is 5.97 Å². The third-order valence-corrected chi connectivity index (χ3v) is 6.18. The van der Waals surface area contributed by atoms with Crippen LogP contribution >= 0.6 is 0 Å². The number of carboxylic acids is 1. The van der Waals surface area contributed by atoms with Gasteiger partial charge in [0.1, 0.15) is 6.42 Å². The number of allylic oxidation sites excluding steroid dienone is 6. The highest BCUT2D eigenvalue weighted by atomic mass is 16.4. The zero-order valence-electron chi connectivity index (χ0n) is 19.1. The fraction of sp³-hybridized carbons (Fsp3) is 0.625. The Morgan fingerprint density at radius 3 is 2.77 bits per heavy atom. The van der Waals surface area contributed by atoms with E-state index in [9.17, 15) is 14.4 Å². The van der Waals surface area contributed by atoms with Crippen molar-refractivity contribution in [1.82, 2.24) is 15.5 Å². The van der Waals surface area contributed by atoms with Crippen LogP contribution in [0.4, 0.5) is 0 Å². The van der Waals surface area contributed by atoms with Gasteiger partial charge in [-0.15, -0.1) is 0 Å². The lowest BCUT2D eigenvalue weighted by molar-refractivity contribution is -0.136. The van der Waals surface area contributed by atoms with Crippen LogP contribution in [0.3, 0.4) is 0 Å². The van der Waals surface area contributed by atoms with Crippen molar-refractivity contribution in [2.75, 3.05) is 26.2 Å². The second-order valence-electron chi connectivity index (χ2n) is 8.54. The molecule has 0 aromatic heterocycles. The number of likely N-dealkylation sites (tertiary alicyclic amines) is 1. The van der Waals surface area contributed by atoms with Gasteiger partial charge in [-0.3, -0.25) is 14.4 Å². The average molecular weight is 432 g/mol. The van der Waals surface area contributed by atoms with E-state index < -0.39 is 11.9 Å². The van der Waals surface area contributed by atoms with Gasteiger partial charge in [0, 0.05) is 31.9 Å². The zero-order chi connectivity index (χ0) is 22.8. The Bertz CT molecular complexity index is 767. The SMILES string of the molecule is CC/C(C)=C(/C=C\C1=C(C)NCCC1)CC1CCN(C(=O)CC(=O)NCCC(=O)O)C1. The summed E-state index contributed by atoms with van der Waals surface area (Å²) >= 11 is 0. The summed E-state index contributed by atoms with van der Waals surface area (Å²) in [6, 6.07) is 0. The smallest absolute Gasteiger partial charge is 0.305 e. The van der Waals surface area contributed by atoms with Crippen LogP contribution in [-0.2, 0) is 14.4 Å². The summed E-state index contributed by atoms with van der Waals surface area (Å²) in [5, 5.41) is 14.5. The van der Waals surface area contributed by atoms with Gasteiger partial charge in [-0.05, 0) is 63.0 Å². The first-order chi connectivity index (χ1) is 14.8. The van der Waals surface area contributed by atoms with Gasteiger partial charge in [-0.1, -0.05) is 24.6 Å². The van der Waals surface area contributed by atoms with Crippen LogP contribution in [0.2, 0.25) is 0 Å². The van der Waals surface area contributed by atoms with Gasteiger partial charge in [0.25, 0.3) is 0 Å². The molecule has 31 heavy (non-hydrogen) atoms. The number of hydrogen-bond acceptors (Lipinski definition) is 4. The number of carboxylic acid groups (broad SMARTS) is 1. The third kappa shape index (κ3) is 8.23. The summed E-state index contributed by atoms with van der Waals surface area (Å²) in [5.74, 6) is -1.18. The molecule has 2 aliphatic rings. The molecule has 7 heteroatoms. The van der Waals surface area contributed by atoms with Crippen LogP contribution in [0.15, 0.2) is 34.6 Å². The summed E-state index contributed by atoms with van der Waals surface area (Å²) in [6.07, 6.45) is 9.28. The predicted octanol–water partition coefficient (Wildman–Crippen LogP) is 3.15. The Morgan fingerprint density at radius 2 is 2.10 bits per heavy atom. The van der Waals surface area contributed by atoms with E-state index in [4.69, 9.17) is 5.11 Å². The van der Waals surface area contributed by atoms with Crippen LogP contribution in [0, 0.1) is 5.92 Å². The second kappa shape index (κ2) is 12.3. The Morgan fingerprint density at radius 1 is 1.32 bits per heavy atom. The van der Waals surface area contributed by atoms with Crippen LogP contribution in [-0.4, -0.2) is 54.0 Å². The first kappa shape index (κ1) is 24.7. The van der Waals surface area contributed by atoms with Gasteiger partial charge in [0.15, 0.2) is 0 Å². The second-order valence-corrected chi connectivity index (χ2v) is 8.54. The number of rotatable bonds is 10. The first-order valence-electron chi connectivity index (χ1n) is 11.4. The normalized spacial score (nSPS) is 20.0. The molecule has 0 bridgehead atoms. The molecule has 7 nitrogen and oxygen atoms in total. The van der Waals surface area contributed by atoms with E-state index in [1.807, 2.05) is 0 Å². The highest BCUT2D eigenvalue weighted by molar-refractivity contribution is 5.97. The molecule has 2 aliphatic heterocycles. The summed E-state index contributed by atoms with van der Waals surface area (Å²) in [5.41, 5.74) is 5.35. The number of aliphatic carboxylic acids is 1. The number of hydrogen-bond donors (Lipinski definition) is 3. The van der Waals surface area contributed by atoms with Crippen molar-refractivity contribution in [1.29, 1.82) is 0 Å². The molecular formula is C24H37N3O4. The molecule has 0 aromatic rings. The highest BCUT2D eigenvalue weighted by Gasteiger charge is 2.27. The minimum atomic E-state index is -0.972. The van der Waals surface area contributed by atoms with Crippen molar-refractivity contribution in [2.24, 2.45) is 5.92 Å². The zero-order valence-corrected chi connectivity index (χ0v) is 19.1. The molecule has 0 spiro atoms. The van der Waals surface area contributed by atoms with E-state index >= 15 is 0 Å². The third-order valence-electron chi connectivity index (χ3n) is 6.18. The molecule has 0 aromatic carbocycles. The fourth-order valence-electron chi connectivity index (χ4n) is 4.03. The monoisotopic (exact) mass is 431 g/mol. The Balaban J connectivity index is 1.89. The number of nitrogens with zero attached hydrogens (tertiary/aromatic N) is 1. The topological polar surface area (TPSA) is 98.7 Å². The summed E-state index contributed by atoms with van der Waals surface area (Å²) < 4.78 is 0. The van der Waals surface area contributed by atoms with E-state index in [0.29, 0.717) is 19.0 Å². The Hall–Kier alpha value is -2.57. The van der Waals surface area contributed by atoms with Gasteiger partial charge in [-0.2, -0.15) is 0 Å². The van der Waals surface area contributed by atoms with Crippen LogP contribution in [0.25, 0.3) is 0 Å². The van der Waals surface area contributed by atoms with Crippen molar-refractivity contribution in [3.05, 3.63) is 34.6 Å². The molecule has 1 fully saturated rings. The lowest BCUT2D eigenvalue weighted by atomic mass is 9.93. The Labute approximate surface area is 185 Å². The Kier molecular flexibility index (Phi) is 9.82. The lowest BCUT2D eigenvalue weighted by Gasteiger charge is -2.19. The summed E-state index contributed by atoms with van der Waals surface area (Å²) in [6.45, 7) is 8.91. The van der Waals surface area contributed by atoms with Gasteiger partial charge in [-0.25, -0.2) is 0 Å². The van der Waals surface area contributed by atoms with E-state index in [1.54, 1.807) is 4.90 Å². The largest absolute Gasteiger partial charge is 0.481 e. The number of amides is 2. The van der Waals surface area contributed by atoms with Crippen LogP contribution < -0.4 is 10.6 Å². The van der Waals surface area contributed by atoms with Crippen LogP contribution in [0.1, 0.15) is 65.7 Å². The van der Waals surface area contributed by atoms with Crippen LogP contribution in [0.5, 0.6) is 0 Å². The maximum absolute atomic E-state index is 12.5. The molecule has 3 N–H and O–H groups in total. The van der Waals surface area contributed by atoms with Crippen molar-refractivity contribution in [3.63, 3.8) is 0 Å². The van der Waals surface area contributed by atoms with E-state index in [1.165, 1.54) is 22.4 Å². The molecular weight excluding hydrogens is 394 g/mol. The molecule has 1 saturated heterocycles. The molecule has 0 radical (unpaired) electrons. The summed E-state index contributed by atoms with van der Waals surface area (Å²) in [7, 11) is 0. The van der Waals surface area contributed by atoms with Gasteiger partial charge < -0.3 is 20.6 Å². The van der Waals surface area contributed by atoms with E-state index in [-0.39, 0.29) is 25.3 Å². The molecule has 0 aliphatic carbocycles. The standard InChI is InChI=1S/C24H37N3O4/c1-4-17(2)21(8-7-20-6-5-11-25-18(20)3)14-19-10-13-27(16-19)23(29)15-22(28)26-12-9-24(30)31/h7-8,19,25H,4-6,9-16H2,1-3H3,(H,26,28)(H,30,31)/b8-7-,21-17-. The highest BCUT2D eigenvalue weighted by Crippen LogP contribution is 2.28. The molecule has 2 amide bonds. The van der Waals surface area contributed by atoms with Crippen molar-refractivity contribution >= 4 is 17.8 Å². The maximum atomic E-state index is 12.5. The molecule has 2 heterocycles. The molecule has 1 atom stereocenters. The molecule has 2 rings (SSSR count). The minimum absolute atomic E-state index is 0.0479. The average Bonchev–Trinajstić information content (AvgIpc) is 3.20. The first-order valence-corrected chi connectivity index (χ1v) is 11.4. The molecule has 0 saturated carbocycles. The quantitative estimate of drug-likeness (QED) is 0.365. The number of carbonyl (C=O) groups is 3. The van der Waals surface area contributed by atoms with Gasteiger partial charge in [0.2, 0.25) is 11.8 Å². The maximum Gasteiger partial charge on any atom is 0.305 e. The summed E-state index contributed by atoms with van der Waals surface area (Å²) in [4.78, 5) is 36.6. The molecule has 1 unspecified atom stereocenters. The minimum Gasteiger partial charge on any atom is -0.481 e. The number of carbonyl (C=O) groups excluding carboxylic acids is 2. The predicted molar refractivity (Wildman–Crippen MR) is 121 cm³/mol. The van der Waals surface area contributed by atoms with E-state index in [0.717, 1.165) is 38.6 Å². The number of nitrogens with one attached hydrogen (secondary N) is 2.